The van der Waals surface area contributed by atoms with Crippen molar-refractivity contribution in [2.75, 3.05) is 12.9 Å². The summed E-state index contributed by atoms with van der Waals surface area (Å²) in [6, 6.07) is 0. The van der Waals surface area contributed by atoms with E-state index in [0.29, 0.717) is 0 Å². The van der Waals surface area contributed by atoms with Gasteiger partial charge in [-0.25, -0.2) is 0 Å². The molecule has 0 radical (unpaired) electrons. The van der Waals surface area contributed by atoms with Crippen molar-refractivity contribution in [1.82, 2.24) is 0 Å². The Morgan fingerprint density at radius 1 is 1.56 bits per heavy atom. The van der Waals surface area contributed by atoms with Crippen molar-refractivity contribution in [2.24, 2.45) is 5.92 Å². The lowest BCUT2D eigenvalue weighted by Gasteiger charge is -2.33. The van der Waals surface area contributed by atoms with Gasteiger partial charge in [-0.15, -0.1) is 11.6 Å². The number of carbonyl (C=O) groups excluding carboxylic acids is 1. The third-order valence-corrected chi connectivity index (χ3v) is 5.81. The fraction of sp³-hybridized carbons (Fsp3) is 0.900. The normalized spacial score (nSPS) is 29.1. The van der Waals surface area contributed by atoms with Gasteiger partial charge in [-0.3, -0.25) is 4.79 Å². The van der Waals surface area contributed by atoms with E-state index in [4.69, 9.17) is 34.8 Å². The van der Waals surface area contributed by atoms with Gasteiger partial charge in [0.25, 0.3) is 0 Å². The SMILES string of the molecule is COC(=O)C[C@@H]1SC[C@H](C(C)(C)Cl)C1(Cl)Cl. The number of carbonyl (C=O) groups is 1. The van der Waals surface area contributed by atoms with Gasteiger partial charge < -0.3 is 4.74 Å². The minimum atomic E-state index is -0.982. The van der Waals surface area contributed by atoms with E-state index in [9.17, 15) is 4.79 Å². The summed E-state index contributed by atoms with van der Waals surface area (Å²) < 4.78 is 3.64. The lowest BCUT2D eigenvalue weighted by atomic mass is 9.90. The van der Waals surface area contributed by atoms with Gasteiger partial charge in [0, 0.05) is 21.8 Å². The van der Waals surface area contributed by atoms with Crippen molar-refractivity contribution < 1.29 is 9.53 Å². The number of alkyl halides is 3. The first-order valence-corrected chi connectivity index (χ1v) is 7.13. The molecule has 1 fully saturated rings. The third-order valence-electron chi connectivity index (χ3n) is 2.77. The van der Waals surface area contributed by atoms with Gasteiger partial charge >= 0.3 is 5.97 Å². The summed E-state index contributed by atoms with van der Waals surface area (Å²) in [4.78, 5) is 10.7. The molecular formula is C10H15Cl3O2S. The Hall–Kier alpha value is 0.690. The number of hydrogen-bond acceptors (Lipinski definition) is 3. The first-order chi connectivity index (χ1) is 7.19. The molecule has 0 unspecified atom stereocenters. The number of esters is 1. The second-order valence-corrected chi connectivity index (χ2v) is 8.05. The van der Waals surface area contributed by atoms with E-state index in [1.807, 2.05) is 13.8 Å². The zero-order valence-electron chi connectivity index (χ0n) is 9.43. The summed E-state index contributed by atoms with van der Waals surface area (Å²) >= 11 is 20.5. The standard InChI is InChI=1S/C10H15Cl3O2S/c1-9(2,11)6-5-16-7(10(6,12)13)4-8(14)15-3/h6-7H,4-5H2,1-3H3/t6-,7+/m1/s1. The molecule has 1 heterocycles. The van der Waals surface area contributed by atoms with Crippen LogP contribution in [0.5, 0.6) is 0 Å². The minimum absolute atomic E-state index is 0.0512. The molecule has 0 bridgehead atoms. The number of hydrogen-bond donors (Lipinski definition) is 0. The molecule has 0 aromatic carbocycles. The number of rotatable bonds is 3. The maximum absolute atomic E-state index is 11.2. The van der Waals surface area contributed by atoms with Crippen molar-refractivity contribution in [3.05, 3.63) is 0 Å². The highest BCUT2D eigenvalue weighted by atomic mass is 35.5. The van der Waals surface area contributed by atoms with Gasteiger partial charge in [-0.1, -0.05) is 23.2 Å². The maximum Gasteiger partial charge on any atom is 0.306 e. The second-order valence-electron chi connectivity index (χ2n) is 4.39. The van der Waals surface area contributed by atoms with E-state index >= 15 is 0 Å². The molecule has 0 amide bonds. The Morgan fingerprint density at radius 2 is 2.12 bits per heavy atom. The largest absolute Gasteiger partial charge is 0.469 e. The quantitative estimate of drug-likeness (QED) is 0.590. The van der Waals surface area contributed by atoms with Crippen LogP contribution in [0.3, 0.4) is 0 Å². The van der Waals surface area contributed by atoms with Crippen LogP contribution in [0.25, 0.3) is 0 Å². The molecule has 0 aromatic heterocycles. The maximum atomic E-state index is 11.2. The summed E-state index contributed by atoms with van der Waals surface area (Å²) in [6.45, 7) is 3.78. The molecule has 1 rings (SSSR count). The zero-order chi connectivity index (χ0) is 12.6. The van der Waals surface area contributed by atoms with Gasteiger partial charge in [0.1, 0.15) is 4.33 Å². The Labute approximate surface area is 115 Å². The molecular weight excluding hydrogens is 291 g/mol. The topological polar surface area (TPSA) is 26.3 Å². The Bertz CT molecular complexity index is 276. The highest BCUT2D eigenvalue weighted by Gasteiger charge is 2.54. The smallest absolute Gasteiger partial charge is 0.306 e. The molecule has 1 aliphatic rings. The van der Waals surface area contributed by atoms with Gasteiger partial charge in [0.15, 0.2) is 0 Å². The van der Waals surface area contributed by atoms with Crippen molar-refractivity contribution in [3.63, 3.8) is 0 Å². The summed E-state index contributed by atoms with van der Waals surface area (Å²) in [6.07, 6.45) is 0.220. The van der Waals surface area contributed by atoms with Crippen LogP contribution in [0.2, 0.25) is 0 Å². The lowest BCUT2D eigenvalue weighted by molar-refractivity contribution is -0.140. The molecule has 16 heavy (non-hydrogen) atoms. The average Bonchev–Trinajstić information content (AvgIpc) is 2.41. The molecule has 1 saturated heterocycles. The molecule has 0 saturated carbocycles. The molecule has 0 aromatic rings. The van der Waals surface area contributed by atoms with E-state index < -0.39 is 9.21 Å². The van der Waals surface area contributed by atoms with E-state index in [-0.39, 0.29) is 23.6 Å². The van der Waals surface area contributed by atoms with E-state index in [1.165, 1.54) is 7.11 Å². The van der Waals surface area contributed by atoms with E-state index in [0.717, 1.165) is 5.75 Å². The molecule has 2 nitrogen and oxygen atoms in total. The summed E-state index contributed by atoms with van der Waals surface area (Å²) in [5, 5.41) is -0.161. The summed E-state index contributed by atoms with van der Waals surface area (Å²) in [7, 11) is 1.36. The average molecular weight is 306 g/mol. The first-order valence-electron chi connectivity index (χ1n) is 4.94. The summed E-state index contributed by atoms with van der Waals surface area (Å²) in [5.41, 5.74) is 0. The predicted molar refractivity (Wildman–Crippen MR) is 70.7 cm³/mol. The lowest BCUT2D eigenvalue weighted by Crippen LogP contribution is -2.41. The highest BCUT2D eigenvalue weighted by molar-refractivity contribution is 8.00. The van der Waals surface area contributed by atoms with E-state index in [1.54, 1.807) is 11.8 Å². The molecule has 1 aliphatic heterocycles. The van der Waals surface area contributed by atoms with Crippen LogP contribution in [0.1, 0.15) is 20.3 Å². The number of methoxy groups -OCH3 is 1. The monoisotopic (exact) mass is 304 g/mol. The number of ether oxygens (including phenoxy) is 1. The molecule has 0 aliphatic carbocycles. The van der Waals surface area contributed by atoms with Crippen molar-refractivity contribution >= 4 is 52.5 Å². The van der Waals surface area contributed by atoms with Gasteiger partial charge in [0.2, 0.25) is 0 Å². The molecule has 0 spiro atoms. The summed E-state index contributed by atoms with van der Waals surface area (Å²) in [5.74, 6) is 0.409. The Balaban J connectivity index is 2.76. The fourth-order valence-corrected chi connectivity index (χ4v) is 5.36. The Kier molecular flexibility index (Phi) is 4.73. The van der Waals surface area contributed by atoms with Crippen LogP contribution < -0.4 is 0 Å². The predicted octanol–water partition coefficient (Wildman–Crippen LogP) is 3.47. The third kappa shape index (κ3) is 3.12. The van der Waals surface area contributed by atoms with Crippen LogP contribution in [-0.4, -0.2) is 33.3 Å². The number of halogens is 3. The zero-order valence-corrected chi connectivity index (χ0v) is 12.5. The van der Waals surface area contributed by atoms with Crippen molar-refractivity contribution in [2.45, 2.75) is 34.7 Å². The molecule has 6 heteroatoms. The molecule has 2 atom stereocenters. The van der Waals surface area contributed by atoms with Crippen molar-refractivity contribution in [3.8, 4) is 0 Å². The van der Waals surface area contributed by atoms with Gasteiger partial charge in [-0.05, 0) is 13.8 Å². The molecule has 0 N–H and O–H groups in total. The fourth-order valence-electron chi connectivity index (χ4n) is 1.74. The van der Waals surface area contributed by atoms with Crippen LogP contribution >= 0.6 is 46.6 Å². The van der Waals surface area contributed by atoms with Crippen LogP contribution in [0.15, 0.2) is 0 Å². The van der Waals surface area contributed by atoms with Gasteiger partial charge in [-0.2, -0.15) is 11.8 Å². The van der Waals surface area contributed by atoms with Crippen LogP contribution in [0, 0.1) is 5.92 Å². The minimum Gasteiger partial charge on any atom is -0.469 e. The number of thioether (sulfide) groups is 1. The highest BCUT2D eigenvalue weighted by Crippen LogP contribution is 2.54. The van der Waals surface area contributed by atoms with Gasteiger partial charge in [0.05, 0.1) is 13.5 Å². The van der Waals surface area contributed by atoms with E-state index in [2.05, 4.69) is 4.74 Å². The second kappa shape index (κ2) is 5.13. The van der Waals surface area contributed by atoms with Crippen LogP contribution in [0.4, 0.5) is 0 Å². The van der Waals surface area contributed by atoms with Crippen LogP contribution in [-0.2, 0) is 9.53 Å². The first kappa shape index (κ1) is 14.7. The van der Waals surface area contributed by atoms with Crippen molar-refractivity contribution in [1.29, 1.82) is 0 Å². The molecule has 94 valence electrons. The Morgan fingerprint density at radius 3 is 2.50 bits per heavy atom.